The van der Waals surface area contributed by atoms with Crippen LogP contribution in [0.2, 0.25) is 5.02 Å². The van der Waals surface area contributed by atoms with Crippen LogP contribution in [-0.2, 0) is 6.42 Å². The minimum atomic E-state index is 0.236. The molecule has 0 heterocycles. The van der Waals surface area contributed by atoms with Gasteiger partial charge in [0.15, 0.2) is 0 Å². The molecule has 0 bridgehead atoms. The highest BCUT2D eigenvalue weighted by molar-refractivity contribution is 6.30. The van der Waals surface area contributed by atoms with Gasteiger partial charge in [0.2, 0.25) is 0 Å². The van der Waals surface area contributed by atoms with Gasteiger partial charge in [-0.1, -0.05) is 18.5 Å². The van der Waals surface area contributed by atoms with Crippen molar-refractivity contribution in [3.05, 3.63) is 28.8 Å². The summed E-state index contributed by atoms with van der Waals surface area (Å²) in [7, 11) is 1.68. The van der Waals surface area contributed by atoms with Gasteiger partial charge in [-0.05, 0) is 49.4 Å². The lowest BCUT2D eigenvalue weighted by molar-refractivity contribution is 0.401. The van der Waals surface area contributed by atoms with Crippen LogP contribution in [0.5, 0.6) is 5.75 Å². The average Bonchev–Trinajstić information content (AvgIpc) is 2.16. The molecule has 0 aliphatic rings. The van der Waals surface area contributed by atoms with Gasteiger partial charge >= 0.3 is 0 Å². The molecular weight excluding hydrogens is 222 g/mol. The molecule has 0 saturated carbocycles. The van der Waals surface area contributed by atoms with Gasteiger partial charge in [-0.15, -0.1) is 0 Å². The van der Waals surface area contributed by atoms with Gasteiger partial charge in [-0.25, -0.2) is 0 Å². The monoisotopic (exact) mass is 241 g/mol. The normalized spacial score (nSPS) is 14.6. The average molecular weight is 242 g/mol. The van der Waals surface area contributed by atoms with E-state index < -0.39 is 0 Å². The molecule has 2 unspecified atom stereocenters. The van der Waals surface area contributed by atoms with Gasteiger partial charge in [0, 0.05) is 11.1 Å². The predicted molar refractivity (Wildman–Crippen MR) is 69.1 cm³/mol. The Morgan fingerprint density at radius 1 is 1.38 bits per heavy atom. The fraction of sp³-hybridized carbons (Fsp3) is 0.538. The Balaban J connectivity index is 2.74. The highest BCUT2D eigenvalue weighted by atomic mass is 35.5. The predicted octanol–water partition coefficient (Wildman–Crippen LogP) is 3.26. The van der Waals surface area contributed by atoms with Crippen molar-refractivity contribution in [3.8, 4) is 5.75 Å². The van der Waals surface area contributed by atoms with E-state index in [0.717, 1.165) is 29.2 Å². The largest absolute Gasteiger partial charge is 0.496 e. The van der Waals surface area contributed by atoms with Crippen LogP contribution in [0, 0.1) is 5.92 Å². The first kappa shape index (κ1) is 13.3. The molecule has 16 heavy (non-hydrogen) atoms. The van der Waals surface area contributed by atoms with Crippen molar-refractivity contribution < 1.29 is 4.74 Å². The molecule has 0 spiro atoms. The second kappa shape index (κ2) is 6.12. The number of methoxy groups -OCH3 is 1. The topological polar surface area (TPSA) is 35.2 Å². The zero-order chi connectivity index (χ0) is 12.1. The quantitative estimate of drug-likeness (QED) is 0.859. The zero-order valence-electron chi connectivity index (χ0n) is 10.2. The molecule has 0 radical (unpaired) electrons. The summed E-state index contributed by atoms with van der Waals surface area (Å²) < 4.78 is 5.32. The molecule has 2 atom stereocenters. The Morgan fingerprint density at radius 2 is 2.06 bits per heavy atom. The van der Waals surface area contributed by atoms with Gasteiger partial charge in [0.1, 0.15) is 5.75 Å². The highest BCUT2D eigenvalue weighted by Gasteiger charge is 2.10. The van der Waals surface area contributed by atoms with Crippen molar-refractivity contribution in [3.63, 3.8) is 0 Å². The molecule has 90 valence electrons. The van der Waals surface area contributed by atoms with E-state index in [4.69, 9.17) is 22.1 Å². The van der Waals surface area contributed by atoms with Gasteiger partial charge < -0.3 is 10.5 Å². The summed E-state index contributed by atoms with van der Waals surface area (Å²) in [5.41, 5.74) is 6.95. The van der Waals surface area contributed by atoms with E-state index in [1.54, 1.807) is 7.11 Å². The lowest BCUT2D eigenvalue weighted by atomic mass is 9.95. The third-order valence-electron chi connectivity index (χ3n) is 2.58. The third-order valence-corrected chi connectivity index (χ3v) is 2.82. The Labute approximate surface area is 103 Å². The first-order chi connectivity index (χ1) is 7.52. The van der Waals surface area contributed by atoms with E-state index in [9.17, 15) is 0 Å². The van der Waals surface area contributed by atoms with Crippen LogP contribution < -0.4 is 10.5 Å². The van der Waals surface area contributed by atoms with Crippen LogP contribution in [0.15, 0.2) is 18.2 Å². The van der Waals surface area contributed by atoms with E-state index in [0.29, 0.717) is 5.92 Å². The van der Waals surface area contributed by atoms with E-state index in [-0.39, 0.29) is 6.04 Å². The third kappa shape index (κ3) is 4.03. The molecule has 0 amide bonds. The number of nitrogens with two attached hydrogens (primary N) is 1. The van der Waals surface area contributed by atoms with Gasteiger partial charge in [-0.2, -0.15) is 0 Å². The highest BCUT2D eigenvalue weighted by Crippen LogP contribution is 2.26. The maximum atomic E-state index is 5.98. The Kier molecular flexibility index (Phi) is 5.10. The number of benzene rings is 1. The maximum absolute atomic E-state index is 5.98. The standard InChI is InChI=1S/C13H20ClNO/c1-9(6-10(2)15)7-11-8-12(14)4-5-13(11)16-3/h4-5,8-10H,6-7,15H2,1-3H3. The summed E-state index contributed by atoms with van der Waals surface area (Å²) in [5.74, 6) is 1.44. The van der Waals surface area contributed by atoms with Crippen molar-refractivity contribution in [1.29, 1.82) is 0 Å². The number of hydrogen-bond donors (Lipinski definition) is 1. The lowest BCUT2D eigenvalue weighted by Crippen LogP contribution is -2.19. The second-order valence-electron chi connectivity index (χ2n) is 4.48. The van der Waals surface area contributed by atoms with E-state index >= 15 is 0 Å². The van der Waals surface area contributed by atoms with Crippen molar-refractivity contribution in [1.82, 2.24) is 0 Å². The summed E-state index contributed by atoms with van der Waals surface area (Å²) >= 11 is 5.98. The fourth-order valence-corrected chi connectivity index (χ4v) is 2.19. The second-order valence-corrected chi connectivity index (χ2v) is 4.91. The molecule has 2 nitrogen and oxygen atoms in total. The maximum Gasteiger partial charge on any atom is 0.122 e. The molecule has 1 aromatic rings. The fourth-order valence-electron chi connectivity index (χ4n) is 2.00. The van der Waals surface area contributed by atoms with Gasteiger partial charge in [0.05, 0.1) is 7.11 Å². The van der Waals surface area contributed by atoms with Gasteiger partial charge in [0.25, 0.3) is 0 Å². The summed E-state index contributed by atoms with van der Waals surface area (Å²) in [6, 6.07) is 5.97. The molecule has 0 fully saturated rings. The molecule has 0 aromatic heterocycles. The van der Waals surface area contributed by atoms with Crippen LogP contribution in [0.3, 0.4) is 0 Å². The van der Waals surface area contributed by atoms with Crippen LogP contribution in [0.1, 0.15) is 25.8 Å². The summed E-state index contributed by atoms with van der Waals surface area (Å²) in [5, 5.41) is 0.754. The minimum absolute atomic E-state index is 0.236. The Morgan fingerprint density at radius 3 is 2.62 bits per heavy atom. The summed E-state index contributed by atoms with van der Waals surface area (Å²) in [6.07, 6.45) is 1.96. The minimum Gasteiger partial charge on any atom is -0.496 e. The van der Waals surface area contributed by atoms with Crippen LogP contribution in [-0.4, -0.2) is 13.2 Å². The molecule has 3 heteroatoms. The molecule has 2 N–H and O–H groups in total. The Bertz CT molecular complexity index is 339. The number of rotatable bonds is 5. The van der Waals surface area contributed by atoms with Crippen LogP contribution in [0.25, 0.3) is 0 Å². The van der Waals surface area contributed by atoms with Gasteiger partial charge in [-0.3, -0.25) is 0 Å². The number of ether oxygens (including phenoxy) is 1. The first-order valence-electron chi connectivity index (χ1n) is 5.61. The van der Waals surface area contributed by atoms with Crippen LogP contribution >= 0.6 is 11.6 Å². The van der Waals surface area contributed by atoms with Crippen molar-refractivity contribution >= 4 is 11.6 Å². The molecular formula is C13H20ClNO. The smallest absolute Gasteiger partial charge is 0.122 e. The number of hydrogen-bond acceptors (Lipinski definition) is 2. The first-order valence-corrected chi connectivity index (χ1v) is 5.98. The molecule has 1 rings (SSSR count). The van der Waals surface area contributed by atoms with E-state index in [1.165, 1.54) is 0 Å². The molecule has 0 saturated heterocycles. The van der Waals surface area contributed by atoms with Crippen molar-refractivity contribution in [2.24, 2.45) is 11.7 Å². The zero-order valence-corrected chi connectivity index (χ0v) is 10.9. The van der Waals surface area contributed by atoms with E-state index in [1.807, 2.05) is 25.1 Å². The Hall–Kier alpha value is -0.730. The SMILES string of the molecule is COc1ccc(Cl)cc1CC(C)CC(C)N. The van der Waals surface area contributed by atoms with Crippen LogP contribution in [0.4, 0.5) is 0 Å². The lowest BCUT2D eigenvalue weighted by Gasteiger charge is -2.16. The molecule has 0 aliphatic heterocycles. The van der Waals surface area contributed by atoms with E-state index in [2.05, 4.69) is 6.92 Å². The summed E-state index contributed by atoms with van der Waals surface area (Å²) in [4.78, 5) is 0. The number of halogens is 1. The summed E-state index contributed by atoms with van der Waals surface area (Å²) in [6.45, 7) is 4.23. The van der Waals surface area contributed by atoms with Crippen molar-refractivity contribution in [2.45, 2.75) is 32.7 Å². The molecule has 0 aliphatic carbocycles. The molecule has 1 aromatic carbocycles. The van der Waals surface area contributed by atoms with Crippen molar-refractivity contribution in [2.75, 3.05) is 7.11 Å².